The summed E-state index contributed by atoms with van der Waals surface area (Å²) < 4.78 is 57.3. The first-order valence-corrected chi connectivity index (χ1v) is 6.57. The van der Waals surface area contributed by atoms with Gasteiger partial charge in [0.2, 0.25) is 0 Å². The Kier molecular flexibility index (Phi) is 3.33. The Morgan fingerprint density at radius 2 is 2.00 bits per heavy atom. The molecule has 1 atom stereocenters. The van der Waals surface area contributed by atoms with E-state index in [0.717, 1.165) is 22.9 Å². The van der Waals surface area contributed by atoms with Gasteiger partial charge in [0.05, 0.1) is 13.2 Å². The molecule has 1 fully saturated rings. The molecule has 0 bridgehead atoms. The van der Waals surface area contributed by atoms with E-state index in [2.05, 4.69) is 0 Å². The van der Waals surface area contributed by atoms with E-state index in [4.69, 9.17) is 4.74 Å². The highest BCUT2D eigenvalue weighted by Gasteiger charge is 2.46. The van der Waals surface area contributed by atoms with Gasteiger partial charge in [0.15, 0.2) is 0 Å². The molecular weight excluding hydrogens is 252 g/mol. The minimum atomic E-state index is -4.25. The number of halogens is 2. The zero-order valence-electron chi connectivity index (χ0n) is 8.97. The fourth-order valence-electron chi connectivity index (χ4n) is 1.70. The van der Waals surface area contributed by atoms with Crippen molar-refractivity contribution in [1.29, 1.82) is 0 Å². The lowest BCUT2D eigenvalue weighted by molar-refractivity contribution is 0.0712. The third-order valence-corrected chi connectivity index (χ3v) is 4.71. The molecule has 7 heteroatoms. The summed E-state index contributed by atoms with van der Waals surface area (Å²) in [6, 6.07) is 0. The Labute approximate surface area is 98.6 Å². The van der Waals surface area contributed by atoms with Crippen LogP contribution in [0.5, 0.6) is 0 Å². The smallest absolute Gasteiger partial charge is 0.263 e. The van der Waals surface area contributed by atoms with E-state index in [1.54, 1.807) is 0 Å². The van der Waals surface area contributed by atoms with E-state index >= 15 is 0 Å². The van der Waals surface area contributed by atoms with Gasteiger partial charge in [-0.1, -0.05) is 6.08 Å². The molecule has 1 aliphatic carbocycles. The molecule has 1 radical (unpaired) electrons. The number of morpholine rings is 1. The Morgan fingerprint density at radius 3 is 2.59 bits per heavy atom. The van der Waals surface area contributed by atoms with Crippen molar-refractivity contribution in [2.24, 2.45) is 0 Å². The van der Waals surface area contributed by atoms with Crippen molar-refractivity contribution in [3.63, 3.8) is 0 Å². The third kappa shape index (κ3) is 2.27. The second kappa shape index (κ2) is 4.47. The first kappa shape index (κ1) is 12.7. The molecule has 1 aliphatic heterocycles. The van der Waals surface area contributed by atoms with Crippen LogP contribution < -0.4 is 0 Å². The number of ether oxygens (including phenoxy) is 1. The normalized spacial score (nSPS) is 31.3. The van der Waals surface area contributed by atoms with Crippen LogP contribution in [0, 0.1) is 6.42 Å². The Bertz CT molecular complexity index is 454. The second-order valence-corrected chi connectivity index (χ2v) is 5.86. The Hall–Kier alpha value is -0.790. The Morgan fingerprint density at radius 1 is 1.35 bits per heavy atom. The summed E-state index contributed by atoms with van der Waals surface area (Å²) in [4.78, 5) is 0. The van der Waals surface area contributed by atoms with Crippen molar-refractivity contribution < 1.29 is 21.9 Å². The van der Waals surface area contributed by atoms with Gasteiger partial charge in [-0.05, 0) is 6.08 Å². The van der Waals surface area contributed by atoms with Crippen molar-refractivity contribution >= 4 is 10.0 Å². The number of hydrogen-bond acceptors (Lipinski definition) is 3. The fourth-order valence-corrected chi connectivity index (χ4v) is 3.24. The highest BCUT2D eigenvalue weighted by atomic mass is 32.2. The minimum Gasteiger partial charge on any atom is -0.379 e. The topological polar surface area (TPSA) is 46.6 Å². The van der Waals surface area contributed by atoms with Crippen LogP contribution in [0.15, 0.2) is 24.1 Å². The van der Waals surface area contributed by atoms with Crippen LogP contribution >= 0.6 is 0 Å². The van der Waals surface area contributed by atoms with Crippen LogP contribution in [0.4, 0.5) is 8.78 Å². The molecule has 0 aromatic heterocycles. The summed E-state index contributed by atoms with van der Waals surface area (Å²) >= 11 is 0. The first-order valence-electron chi connectivity index (χ1n) is 5.13. The molecule has 1 heterocycles. The fraction of sp³-hybridized carbons (Fsp3) is 0.500. The molecule has 95 valence electrons. The van der Waals surface area contributed by atoms with E-state index in [9.17, 15) is 17.2 Å². The van der Waals surface area contributed by atoms with E-state index in [1.165, 1.54) is 0 Å². The van der Waals surface area contributed by atoms with E-state index in [-0.39, 0.29) is 26.3 Å². The molecule has 2 aliphatic rings. The van der Waals surface area contributed by atoms with Crippen LogP contribution in [-0.4, -0.2) is 44.0 Å². The van der Waals surface area contributed by atoms with Gasteiger partial charge in [0.25, 0.3) is 15.0 Å². The monoisotopic (exact) mass is 264 g/mol. The van der Waals surface area contributed by atoms with Crippen LogP contribution in [0.1, 0.15) is 0 Å². The highest BCUT2D eigenvalue weighted by Crippen LogP contribution is 2.32. The number of nitrogens with zero attached hydrogens (tertiary/aromatic N) is 1. The highest BCUT2D eigenvalue weighted by molar-refractivity contribution is 7.90. The first-order chi connectivity index (χ1) is 7.96. The standard InChI is InChI=1S/C10H12F2NO3S/c11-9-2-1-3-10(12,8-9)17(14,15)13-4-6-16-7-5-13/h1-3,8H,4-7H2. The van der Waals surface area contributed by atoms with E-state index in [1.807, 2.05) is 0 Å². The average Bonchev–Trinajstić information content (AvgIpc) is 2.29. The maximum absolute atomic E-state index is 14.3. The molecular formula is C10H12F2NO3S. The number of sulfonamides is 1. The van der Waals surface area contributed by atoms with Gasteiger partial charge in [-0.3, -0.25) is 0 Å². The summed E-state index contributed by atoms with van der Waals surface area (Å²) in [6.45, 7) is 0.608. The van der Waals surface area contributed by atoms with Crippen LogP contribution in [0.25, 0.3) is 0 Å². The van der Waals surface area contributed by atoms with Crippen molar-refractivity contribution in [2.45, 2.75) is 5.00 Å². The number of alkyl halides is 1. The molecule has 2 rings (SSSR count). The molecule has 1 unspecified atom stereocenters. The van der Waals surface area contributed by atoms with Gasteiger partial charge in [0.1, 0.15) is 5.83 Å². The molecule has 0 aromatic carbocycles. The van der Waals surface area contributed by atoms with Gasteiger partial charge in [-0.25, -0.2) is 17.2 Å². The molecule has 0 saturated carbocycles. The van der Waals surface area contributed by atoms with Crippen molar-refractivity contribution in [2.75, 3.05) is 26.3 Å². The number of allylic oxidation sites excluding steroid dienone is 2. The maximum Gasteiger partial charge on any atom is 0.263 e. The SMILES string of the molecule is O=S(=O)(N1CCOCC1)C1(F)C=C[CH]C(F)=C1. The zero-order chi connectivity index (χ0) is 12.5. The van der Waals surface area contributed by atoms with E-state index < -0.39 is 20.9 Å². The third-order valence-electron chi connectivity index (χ3n) is 2.62. The summed E-state index contributed by atoms with van der Waals surface area (Å²) in [5.41, 5.74) is 0. The van der Waals surface area contributed by atoms with Gasteiger partial charge in [-0.2, -0.15) is 4.31 Å². The van der Waals surface area contributed by atoms with E-state index in [0.29, 0.717) is 6.08 Å². The molecule has 1 saturated heterocycles. The predicted octanol–water partition coefficient (Wildman–Crippen LogP) is 0.942. The molecule has 0 aromatic rings. The van der Waals surface area contributed by atoms with Crippen LogP contribution in [-0.2, 0) is 14.8 Å². The molecule has 0 N–H and O–H groups in total. The minimum absolute atomic E-state index is 0.0843. The summed E-state index contributed by atoms with van der Waals surface area (Å²) in [7, 11) is -4.25. The molecule has 0 spiro atoms. The average molecular weight is 264 g/mol. The second-order valence-electron chi connectivity index (χ2n) is 3.77. The van der Waals surface area contributed by atoms with Crippen LogP contribution in [0.2, 0.25) is 0 Å². The summed E-state index contributed by atoms with van der Waals surface area (Å²) in [6.07, 6.45) is 3.37. The van der Waals surface area contributed by atoms with Gasteiger partial charge in [0, 0.05) is 25.6 Å². The lowest BCUT2D eigenvalue weighted by Crippen LogP contribution is -2.48. The number of hydrogen-bond donors (Lipinski definition) is 0. The van der Waals surface area contributed by atoms with Crippen molar-refractivity contribution in [3.05, 3.63) is 30.5 Å². The van der Waals surface area contributed by atoms with Gasteiger partial charge in [-0.15, -0.1) is 0 Å². The molecule has 4 nitrogen and oxygen atoms in total. The molecule has 17 heavy (non-hydrogen) atoms. The molecule has 0 amide bonds. The summed E-state index contributed by atoms with van der Waals surface area (Å²) in [5, 5.41) is -2.80. The quantitative estimate of drug-likeness (QED) is 0.745. The van der Waals surface area contributed by atoms with Crippen LogP contribution in [0.3, 0.4) is 0 Å². The summed E-state index contributed by atoms with van der Waals surface area (Å²) in [5.74, 6) is -0.896. The predicted molar refractivity (Wildman–Crippen MR) is 57.8 cm³/mol. The van der Waals surface area contributed by atoms with Gasteiger partial charge >= 0.3 is 0 Å². The lowest BCUT2D eigenvalue weighted by atomic mass is 10.2. The number of rotatable bonds is 2. The maximum atomic E-state index is 14.3. The lowest BCUT2D eigenvalue weighted by Gasteiger charge is -2.31. The van der Waals surface area contributed by atoms with Crippen molar-refractivity contribution in [1.82, 2.24) is 4.31 Å². The largest absolute Gasteiger partial charge is 0.379 e. The zero-order valence-corrected chi connectivity index (χ0v) is 9.79. The van der Waals surface area contributed by atoms with Crippen molar-refractivity contribution in [3.8, 4) is 0 Å². The Balaban J connectivity index is 2.31. The van der Waals surface area contributed by atoms with Gasteiger partial charge < -0.3 is 4.74 Å².